The van der Waals surface area contributed by atoms with Crippen molar-refractivity contribution >= 4 is 17.7 Å². The third-order valence-electron chi connectivity index (χ3n) is 10.5. The number of aryl methyl sites for hydroxylation is 2. The van der Waals surface area contributed by atoms with Crippen LogP contribution >= 0.6 is 11.8 Å². The Morgan fingerprint density at radius 3 is 1.41 bits per heavy atom. The SMILES string of the molecule is CCCCCCCCCCCCCCCCCC(=O)Oc1c(C)cc(C)cc1C(SCCC(F)(F)C(F)(F)C(F)(F)C(F)(F)C(F)(F)C(F)(F)C(F)(F)C(F)(F)F)c1ccccc1. The first-order valence-electron chi connectivity index (χ1n) is 20.7. The molecule has 2 aromatic carbocycles. The first-order chi connectivity index (χ1) is 29.0. The molecule has 0 aromatic heterocycles. The normalized spacial score (nSPS) is 14.3. The number of alkyl halides is 17. The predicted molar refractivity (Wildman–Crippen MR) is 207 cm³/mol. The van der Waals surface area contributed by atoms with Gasteiger partial charge in [-0.05, 0) is 31.4 Å². The minimum atomic E-state index is -8.68. The van der Waals surface area contributed by atoms with Gasteiger partial charge in [-0.2, -0.15) is 74.6 Å². The lowest BCUT2D eigenvalue weighted by molar-refractivity contribution is -0.461. The van der Waals surface area contributed by atoms with Gasteiger partial charge in [-0.15, -0.1) is 11.8 Å². The predicted octanol–water partition coefficient (Wildman–Crippen LogP) is 16.7. The summed E-state index contributed by atoms with van der Waals surface area (Å²) in [4.78, 5) is 13.0. The molecule has 0 saturated heterocycles. The summed E-state index contributed by atoms with van der Waals surface area (Å²) in [6.45, 7) is 5.27. The number of carbonyl (C=O) groups excluding carboxylic acids is 1. The van der Waals surface area contributed by atoms with Gasteiger partial charge in [0.15, 0.2) is 0 Å². The van der Waals surface area contributed by atoms with Gasteiger partial charge >= 0.3 is 53.6 Å². The van der Waals surface area contributed by atoms with Crippen molar-refractivity contribution in [2.45, 2.75) is 183 Å². The van der Waals surface area contributed by atoms with Crippen LogP contribution in [0.4, 0.5) is 74.6 Å². The molecule has 1 atom stereocenters. The number of rotatable bonds is 29. The quantitative estimate of drug-likeness (QED) is 0.0352. The van der Waals surface area contributed by atoms with Crippen molar-refractivity contribution < 1.29 is 84.2 Å². The largest absolute Gasteiger partial charge is 0.460 e. The highest BCUT2D eigenvalue weighted by atomic mass is 32.2. The van der Waals surface area contributed by atoms with Gasteiger partial charge in [0.1, 0.15) is 5.75 Å². The molecule has 0 fully saturated rings. The molecule has 0 aliphatic rings. The monoisotopic (exact) mass is 956 g/mol. The Kier molecular flexibility index (Phi) is 20.5. The minimum absolute atomic E-state index is 0.0346. The third-order valence-corrected chi connectivity index (χ3v) is 11.8. The molecule has 0 heterocycles. The number of halogens is 17. The van der Waals surface area contributed by atoms with Crippen LogP contribution in [0.15, 0.2) is 42.5 Å². The molecule has 2 nitrogen and oxygen atoms in total. The van der Waals surface area contributed by atoms with E-state index in [0.29, 0.717) is 24.0 Å². The van der Waals surface area contributed by atoms with Gasteiger partial charge in [-0.3, -0.25) is 4.79 Å². The van der Waals surface area contributed by atoms with Gasteiger partial charge in [0, 0.05) is 24.2 Å². The molecule has 20 heteroatoms. The fourth-order valence-electron chi connectivity index (χ4n) is 6.78. The summed E-state index contributed by atoms with van der Waals surface area (Å²) in [5.74, 6) is -58.9. The summed E-state index contributed by atoms with van der Waals surface area (Å²) in [5.41, 5.74) is 1.13. The molecule has 0 radical (unpaired) electrons. The topological polar surface area (TPSA) is 26.3 Å². The van der Waals surface area contributed by atoms with Gasteiger partial charge in [0.25, 0.3) is 0 Å². The average Bonchev–Trinajstić information content (AvgIpc) is 3.18. The van der Waals surface area contributed by atoms with E-state index in [9.17, 15) is 79.4 Å². The molecule has 0 aliphatic carbocycles. The van der Waals surface area contributed by atoms with Gasteiger partial charge < -0.3 is 4.74 Å². The maximum absolute atomic E-state index is 14.9. The molecular weight excluding hydrogens is 904 g/mol. The zero-order valence-corrected chi connectivity index (χ0v) is 35.8. The van der Waals surface area contributed by atoms with Gasteiger partial charge in [-0.1, -0.05) is 145 Å². The van der Waals surface area contributed by atoms with Crippen LogP contribution in [0.25, 0.3) is 0 Å². The van der Waals surface area contributed by atoms with E-state index in [-0.39, 0.29) is 35.1 Å². The molecule has 1 unspecified atom stereocenters. The van der Waals surface area contributed by atoms with Crippen LogP contribution in [0.3, 0.4) is 0 Å². The lowest BCUT2D eigenvalue weighted by atomic mass is 9.88. The number of hydrogen-bond donors (Lipinski definition) is 0. The van der Waals surface area contributed by atoms with Crippen LogP contribution in [0.5, 0.6) is 5.75 Å². The van der Waals surface area contributed by atoms with Crippen LogP contribution in [0.1, 0.15) is 144 Å². The molecule has 2 rings (SSSR count). The summed E-state index contributed by atoms with van der Waals surface area (Å²) >= 11 is 0.274. The van der Waals surface area contributed by atoms with Crippen molar-refractivity contribution in [1.29, 1.82) is 0 Å². The van der Waals surface area contributed by atoms with Gasteiger partial charge in [0.2, 0.25) is 0 Å². The van der Waals surface area contributed by atoms with E-state index < -0.39 is 71.0 Å². The number of carbonyl (C=O) groups is 1. The Balaban J connectivity index is 2.18. The van der Waals surface area contributed by atoms with Crippen molar-refractivity contribution in [1.82, 2.24) is 0 Å². The Bertz CT molecular complexity index is 1700. The fraction of sp³-hybridized carbons (Fsp3) is 0.698. The first kappa shape index (κ1) is 56.2. The minimum Gasteiger partial charge on any atom is -0.426 e. The first-order valence-corrected chi connectivity index (χ1v) is 21.7. The number of hydrogen-bond acceptors (Lipinski definition) is 3. The highest BCUT2D eigenvalue weighted by molar-refractivity contribution is 7.99. The van der Waals surface area contributed by atoms with E-state index in [1.807, 2.05) is 0 Å². The lowest BCUT2D eigenvalue weighted by Crippen LogP contribution is -2.74. The van der Waals surface area contributed by atoms with Gasteiger partial charge in [0.05, 0.1) is 5.25 Å². The summed E-state index contributed by atoms with van der Waals surface area (Å²) in [6, 6.07) is 10.2. The molecule has 0 saturated carbocycles. The molecule has 2 aromatic rings. The summed E-state index contributed by atoms with van der Waals surface area (Å²) < 4.78 is 241. The zero-order valence-electron chi connectivity index (χ0n) is 35.0. The second kappa shape index (κ2) is 23.0. The molecule has 362 valence electrons. The number of benzene rings is 2. The Morgan fingerprint density at radius 1 is 0.556 bits per heavy atom. The maximum atomic E-state index is 14.9. The van der Waals surface area contributed by atoms with Gasteiger partial charge in [-0.25, -0.2) is 0 Å². The van der Waals surface area contributed by atoms with Crippen LogP contribution < -0.4 is 4.74 Å². The summed E-state index contributed by atoms with van der Waals surface area (Å²) in [5, 5.41) is -1.27. The molecule has 63 heavy (non-hydrogen) atoms. The van der Waals surface area contributed by atoms with Crippen LogP contribution in [-0.2, 0) is 4.79 Å². The molecular formula is C43H53F17O2S. The zero-order chi connectivity index (χ0) is 48.1. The van der Waals surface area contributed by atoms with Crippen molar-refractivity contribution in [3.63, 3.8) is 0 Å². The van der Waals surface area contributed by atoms with Crippen molar-refractivity contribution in [3.8, 4) is 5.75 Å². The Hall–Kier alpha value is -2.93. The van der Waals surface area contributed by atoms with Crippen LogP contribution in [-0.4, -0.2) is 59.4 Å². The average molecular weight is 957 g/mol. The van der Waals surface area contributed by atoms with E-state index in [2.05, 4.69) is 6.92 Å². The Labute approximate surface area is 360 Å². The molecule has 0 bridgehead atoms. The highest BCUT2D eigenvalue weighted by Crippen LogP contribution is 2.64. The molecule has 0 N–H and O–H groups in total. The maximum Gasteiger partial charge on any atom is 0.460 e. The van der Waals surface area contributed by atoms with Crippen molar-refractivity contribution in [2.24, 2.45) is 0 Å². The molecule has 0 aliphatic heterocycles. The smallest absolute Gasteiger partial charge is 0.426 e. The van der Waals surface area contributed by atoms with E-state index >= 15 is 0 Å². The summed E-state index contributed by atoms with van der Waals surface area (Å²) in [6.07, 6.45) is 5.82. The summed E-state index contributed by atoms with van der Waals surface area (Å²) in [7, 11) is 0. The number of ether oxygens (including phenoxy) is 1. The van der Waals surface area contributed by atoms with Crippen LogP contribution in [0.2, 0.25) is 0 Å². The van der Waals surface area contributed by atoms with E-state index in [1.54, 1.807) is 13.0 Å². The molecule has 0 amide bonds. The molecule has 0 spiro atoms. The highest BCUT2D eigenvalue weighted by Gasteiger charge is 2.95. The second-order valence-corrected chi connectivity index (χ2v) is 16.9. The van der Waals surface area contributed by atoms with Crippen molar-refractivity contribution in [2.75, 3.05) is 5.75 Å². The van der Waals surface area contributed by atoms with Crippen molar-refractivity contribution in [3.05, 3.63) is 64.7 Å². The lowest BCUT2D eigenvalue weighted by Gasteiger charge is -2.42. The fourth-order valence-corrected chi connectivity index (χ4v) is 8.09. The van der Waals surface area contributed by atoms with E-state index in [0.717, 1.165) is 32.1 Å². The van der Waals surface area contributed by atoms with E-state index in [4.69, 9.17) is 4.74 Å². The standard InChI is InChI=1S/C43H53F17O2S/c1-4-5-6-7-8-9-10-11-12-13-14-15-16-17-21-24-33(61)62-34-30(3)27-29(2)28-32(34)35(31-22-19-18-20-23-31)63-26-25-36(44,45)37(46,47)38(48,49)39(50,51)40(52,53)41(54,55)42(56,57)43(58,59)60/h18-20,22-23,27-28,35H,4-17,21,24-26H2,1-3H3. The number of thioether (sulfide) groups is 1. The van der Waals surface area contributed by atoms with Crippen LogP contribution in [0, 0.1) is 13.8 Å². The second-order valence-electron chi connectivity index (χ2n) is 15.7. The third kappa shape index (κ3) is 13.3. The van der Waals surface area contributed by atoms with E-state index in [1.165, 1.54) is 94.7 Å². The number of unbranched alkanes of at least 4 members (excludes halogenated alkanes) is 14. The Morgan fingerprint density at radius 2 is 0.968 bits per heavy atom. The number of esters is 1.